The smallest absolute Gasteiger partial charge is 0.264 e. The molecule has 0 fully saturated rings. The van der Waals surface area contributed by atoms with Gasteiger partial charge in [0.25, 0.3) is 10.0 Å². The van der Waals surface area contributed by atoms with Crippen molar-refractivity contribution in [3.63, 3.8) is 0 Å². The minimum absolute atomic E-state index is 0.183. The van der Waals surface area contributed by atoms with E-state index in [1.807, 2.05) is 31.2 Å². The third-order valence-electron chi connectivity index (χ3n) is 4.76. The summed E-state index contributed by atoms with van der Waals surface area (Å²) in [4.78, 5) is 4.59. The van der Waals surface area contributed by atoms with E-state index in [-0.39, 0.29) is 10.8 Å². The Kier molecular flexibility index (Phi) is 5.37. The molecule has 0 bridgehead atoms. The number of hydrogen-bond acceptors (Lipinski definition) is 4. The predicted octanol–water partition coefficient (Wildman–Crippen LogP) is 5.11. The van der Waals surface area contributed by atoms with Gasteiger partial charge in [0.1, 0.15) is 11.4 Å². The summed E-state index contributed by atoms with van der Waals surface area (Å²) in [6.45, 7) is 1.91. The fraction of sp³-hybridized carbons (Fsp3) is 0.0870. The van der Waals surface area contributed by atoms with Crippen LogP contribution >= 0.6 is 11.6 Å². The van der Waals surface area contributed by atoms with Crippen LogP contribution in [0.2, 0.25) is 5.02 Å². The number of aliphatic imine (C=N–C) groups is 1. The number of sulfonamides is 1. The molecule has 0 aromatic heterocycles. The second-order valence-electron chi connectivity index (χ2n) is 6.84. The Labute approximate surface area is 181 Å². The summed E-state index contributed by atoms with van der Waals surface area (Å²) in [5.74, 6) is 0.796. The number of benzene rings is 3. The van der Waals surface area contributed by atoms with Crippen LogP contribution in [0.3, 0.4) is 0 Å². The van der Waals surface area contributed by atoms with Gasteiger partial charge in [0.05, 0.1) is 4.90 Å². The number of para-hydroxylation sites is 1. The molecule has 1 aliphatic heterocycles. The Morgan fingerprint density at radius 1 is 0.967 bits per heavy atom. The van der Waals surface area contributed by atoms with Crippen LogP contribution in [0, 0.1) is 6.92 Å². The van der Waals surface area contributed by atoms with E-state index in [1.54, 1.807) is 54.7 Å². The quantitative estimate of drug-likeness (QED) is 0.569. The molecule has 152 valence electrons. The molecule has 0 saturated heterocycles. The molecule has 0 saturated carbocycles. The lowest BCUT2D eigenvalue weighted by Crippen LogP contribution is -2.27. The van der Waals surface area contributed by atoms with Crippen molar-refractivity contribution in [3.8, 4) is 5.75 Å². The summed E-state index contributed by atoms with van der Waals surface area (Å²) in [5.41, 5.74) is 2.73. The van der Waals surface area contributed by atoms with Crippen LogP contribution < -0.4 is 4.74 Å². The zero-order valence-corrected chi connectivity index (χ0v) is 18.0. The summed E-state index contributed by atoms with van der Waals surface area (Å²) in [6.07, 6.45) is 1.66. The fourth-order valence-corrected chi connectivity index (χ4v) is 4.43. The second kappa shape index (κ2) is 7.97. The van der Waals surface area contributed by atoms with E-state index in [1.165, 1.54) is 11.4 Å². The number of hydrogen-bond donors (Lipinski definition) is 0. The highest BCUT2D eigenvalue weighted by Crippen LogP contribution is 2.33. The Morgan fingerprint density at radius 3 is 2.33 bits per heavy atom. The molecule has 0 atom stereocenters. The maximum absolute atomic E-state index is 13.4. The van der Waals surface area contributed by atoms with E-state index in [9.17, 15) is 8.42 Å². The van der Waals surface area contributed by atoms with Crippen molar-refractivity contribution in [1.29, 1.82) is 0 Å². The standard InChI is InChI=1S/C23H19ClN2O3S/c1-16-7-13-20(14-8-16)30(27,28)26(2)22(17-9-11-19(24)12-10-17)23-25-15-18-5-3-4-6-21(18)29-23/h3-15H,1-2H3/b23-22-. The molecule has 0 unspecified atom stereocenters. The molecule has 0 amide bonds. The first-order chi connectivity index (χ1) is 14.4. The molecule has 0 aliphatic carbocycles. The monoisotopic (exact) mass is 438 g/mol. The van der Waals surface area contributed by atoms with Crippen LogP contribution in [0.1, 0.15) is 16.7 Å². The van der Waals surface area contributed by atoms with Crippen LogP contribution in [0.4, 0.5) is 0 Å². The summed E-state index contributed by atoms with van der Waals surface area (Å²) in [7, 11) is -2.36. The van der Waals surface area contributed by atoms with Gasteiger partial charge in [-0.25, -0.2) is 13.4 Å². The van der Waals surface area contributed by atoms with E-state index in [0.717, 1.165) is 11.1 Å². The van der Waals surface area contributed by atoms with Gasteiger partial charge in [0.15, 0.2) is 0 Å². The van der Waals surface area contributed by atoms with Gasteiger partial charge in [0, 0.05) is 29.4 Å². The Balaban J connectivity index is 1.86. The van der Waals surface area contributed by atoms with Crippen molar-refractivity contribution >= 4 is 33.5 Å². The van der Waals surface area contributed by atoms with E-state index in [4.69, 9.17) is 16.3 Å². The van der Waals surface area contributed by atoms with Gasteiger partial charge in [-0.2, -0.15) is 0 Å². The van der Waals surface area contributed by atoms with Crippen molar-refractivity contribution in [2.24, 2.45) is 4.99 Å². The first-order valence-electron chi connectivity index (χ1n) is 9.23. The minimum atomic E-state index is -3.85. The van der Waals surface area contributed by atoms with Crippen molar-refractivity contribution < 1.29 is 13.2 Å². The largest absolute Gasteiger partial charge is 0.436 e. The van der Waals surface area contributed by atoms with Crippen molar-refractivity contribution in [2.75, 3.05) is 7.05 Å². The number of ether oxygens (including phenoxy) is 1. The average Bonchev–Trinajstić information content (AvgIpc) is 2.75. The Morgan fingerprint density at radius 2 is 1.63 bits per heavy atom. The second-order valence-corrected chi connectivity index (χ2v) is 9.25. The van der Waals surface area contributed by atoms with Gasteiger partial charge in [-0.05, 0) is 43.3 Å². The Bertz CT molecular complexity index is 1250. The summed E-state index contributed by atoms with van der Waals surface area (Å²) in [5, 5.41) is 0.547. The zero-order valence-electron chi connectivity index (χ0n) is 16.4. The topological polar surface area (TPSA) is 59.0 Å². The minimum Gasteiger partial charge on any atom is -0.436 e. The molecule has 7 heteroatoms. The molecule has 0 N–H and O–H groups in total. The van der Waals surface area contributed by atoms with E-state index >= 15 is 0 Å². The van der Waals surface area contributed by atoms with Gasteiger partial charge in [-0.1, -0.05) is 53.6 Å². The SMILES string of the molecule is Cc1ccc(S(=O)(=O)N(C)/C(=C2/N=Cc3ccccc3O2)c2ccc(Cl)cc2)cc1. The van der Waals surface area contributed by atoms with Crippen molar-refractivity contribution in [1.82, 2.24) is 4.31 Å². The highest BCUT2D eigenvalue weighted by atomic mass is 35.5. The number of fused-ring (bicyclic) bond motifs is 1. The van der Waals surface area contributed by atoms with Crippen molar-refractivity contribution in [2.45, 2.75) is 11.8 Å². The van der Waals surface area contributed by atoms with Gasteiger partial charge in [-0.3, -0.25) is 4.31 Å². The Hall–Kier alpha value is -3.09. The molecular formula is C23H19ClN2O3S. The molecular weight excluding hydrogens is 420 g/mol. The van der Waals surface area contributed by atoms with Crippen LogP contribution in [-0.4, -0.2) is 26.0 Å². The fourth-order valence-electron chi connectivity index (χ4n) is 3.08. The lowest BCUT2D eigenvalue weighted by Gasteiger charge is -2.25. The molecule has 1 heterocycles. The lowest BCUT2D eigenvalue weighted by molar-refractivity contribution is 0.409. The van der Waals surface area contributed by atoms with E-state index in [2.05, 4.69) is 4.99 Å². The number of rotatable bonds is 4. The maximum Gasteiger partial charge on any atom is 0.264 e. The lowest BCUT2D eigenvalue weighted by atomic mass is 10.1. The summed E-state index contributed by atoms with van der Waals surface area (Å²) in [6, 6.07) is 21.0. The van der Waals surface area contributed by atoms with Gasteiger partial charge in [0.2, 0.25) is 5.88 Å². The molecule has 3 aromatic carbocycles. The third kappa shape index (κ3) is 3.84. The highest BCUT2D eigenvalue weighted by molar-refractivity contribution is 7.89. The van der Waals surface area contributed by atoms with Crippen LogP contribution in [0.25, 0.3) is 5.70 Å². The zero-order chi connectivity index (χ0) is 21.3. The van der Waals surface area contributed by atoms with Gasteiger partial charge < -0.3 is 4.74 Å². The molecule has 0 radical (unpaired) electrons. The molecule has 3 aromatic rings. The van der Waals surface area contributed by atoms with Crippen molar-refractivity contribution in [3.05, 3.63) is 100 Å². The molecule has 1 aliphatic rings. The number of nitrogens with zero attached hydrogens (tertiary/aromatic N) is 2. The molecule has 5 nitrogen and oxygen atoms in total. The summed E-state index contributed by atoms with van der Waals surface area (Å²) >= 11 is 6.04. The molecule has 0 spiro atoms. The first kappa shape index (κ1) is 20.2. The first-order valence-corrected chi connectivity index (χ1v) is 11.0. The molecule has 4 rings (SSSR count). The van der Waals surface area contributed by atoms with Crippen LogP contribution in [0.15, 0.2) is 88.6 Å². The number of aryl methyl sites for hydroxylation is 1. The van der Waals surface area contributed by atoms with Crippen LogP contribution in [0.5, 0.6) is 5.75 Å². The normalized spacial score (nSPS) is 14.6. The maximum atomic E-state index is 13.4. The van der Waals surface area contributed by atoms with Gasteiger partial charge in [-0.15, -0.1) is 0 Å². The van der Waals surface area contributed by atoms with E-state index in [0.29, 0.717) is 22.0 Å². The predicted molar refractivity (Wildman–Crippen MR) is 119 cm³/mol. The van der Waals surface area contributed by atoms with Gasteiger partial charge >= 0.3 is 0 Å². The van der Waals surface area contributed by atoms with E-state index < -0.39 is 10.0 Å². The average molecular weight is 439 g/mol. The number of halogens is 1. The molecule has 30 heavy (non-hydrogen) atoms. The van der Waals surface area contributed by atoms with Crippen LogP contribution in [-0.2, 0) is 10.0 Å². The summed E-state index contributed by atoms with van der Waals surface area (Å²) < 4.78 is 33.9. The highest BCUT2D eigenvalue weighted by Gasteiger charge is 2.28. The third-order valence-corrected chi connectivity index (χ3v) is 6.78.